The molecule has 0 bridgehead atoms. The third-order valence-corrected chi connectivity index (χ3v) is 3.60. The molecular weight excluding hydrogens is 345 g/mol. The second-order valence-corrected chi connectivity index (χ2v) is 5.26. The van der Waals surface area contributed by atoms with Crippen LogP contribution in [0.3, 0.4) is 0 Å². The molecule has 26 heavy (non-hydrogen) atoms. The van der Waals surface area contributed by atoms with Gasteiger partial charge in [0.2, 0.25) is 0 Å². The Kier molecular flexibility index (Phi) is 4.45. The van der Waals surface area contributed by atoms with Gasteiger partial charge in [0.25, 0.3) is 5.91 Å². The molecule has 0 spiro atoms. The highest BCUT2D eigenvalue weighted by molar-refractivity contribution is 6.05. The molecule has 1 N–H and O–H groups in total. The highest BCUT2D eigenvalue weighted by Crippen LogP contribution is 2.32. The molecule has 0 fully saturated rings. The lowest BCUT2D eigenvalue weighted by molar-refractivity contribution is -0.137. The summed E-state index contributed by atoms with van der Waals surface area (Å²) in [5, 5.41) is 15.6. The van der Waals surface area contributed by atoms with Crippen LogP contribution in [-0.2, 0) is 6.18 Å². The van der Waals surface area contributed by atoms with Crippen molar-refractivity contribution >= 4 is 11.7 Å². The fourth-order valence-corrected chi connectivity index (χ4v) is 2.42. The van der Waals surface area contributed by atoms with Crippen molar-refractivity contribution in [2.45, 2.75) is 6.18 Å². The maximum Gasteiger partial charge on any atom is 0.417 e. The molecule has 2 aromatic carbocycles. The number of rotatable bonds is 3. The number of halogens is 3. The lowest BCUT2D eigenvalue weighted by Crippen LogP contribution is -2.20. The number of nitriles is 1. The van der Waals surface area contributed by atoms with Crippen molar-refractivity contribution in [2.75, 3.05) is 5.32 Å². The number of hydrogen-bond donors (Lipinski definition) is 1. The Hall–Kier alpha value is -3.60. The van der Waals surface area contributed by atoms with Gasteiger partial charge in [-0.1, -0.05) is 30.3 Å². The zero-order valence-corrected chi connectivity index (χ0v) is 13.2. The van der Waals surface area contributed by atoms with E-state index in [1.165, 1.54) is 23.0 Å². The molecule has 8 heteroatoms. The molecular formula is C18H11F3N4O. The fourth-order valence-electron chi connectivity index (χ4n) is 2.42. The van der Waals surface area contributed by atoms with Crippen LogP contribution in [0.25, 0.3) is 5.69 Å². The van der Waals surface area contributed by atoms with Crippen LogP contribution in [-0.4, -0.2) is 15.7 Å². The fraction of sp³-hybridized carbons (Fsp3) is 0.0556. The van der Waals surface area contributed by atoms with Crippen molar-refractivity contribution in [3.05, 3.63) is 77.5 Å². The Labute approximate surface area is 146 Å². The molecule has 3 aromatic rings. The molecule has 0 saturated heterocycles. The first kappa shape index (κ1) is 17.2. The molecule has 0 aliphatic carbocycles. The number of alkyl halides is 3. The van der Waals surface area contributed by atoms with Gasteiger partial charge >= 0.3 is 6.18 Å². The molecule has 0 unspecified atom stereocenters. The molecule has 0 saturated carbocycles. The van der Waals surface area contributed by atoms with Gasteiger partial charge in [0, 0.05) is 0 Å². The zero-order chi connectivity index (χ0) is 18.7. The smallest absolute Gasteiger partial charge is 0.305 e. The number of amides is 1. The van der Waals surface area contributed by atoms with E-state index >= 15 is 0 Å². The van der Waals surface area contributed by atoms with Crippen molar-refractivity contribution in [3.63, 3.8) is 0 Å². The van der Waals surface area contributed by atoms with E-state index < -0.39 is 23.2 Å². The molecule has 0 aliphatic heterocycles. The van der Waals surface area contributed by atoms with Gasteiger partial charge in [-0.25, -0.2) is 4.68 Å². The number of aromatic nitrogens is 2. The second-order valence-electron chi connectivity index (χ2n) is 5.26. The third kappa shape index (κ3) is 3.28. The lowest BCUT2D eigenvalue weighted by Gasteiger charge is -2.13. The Balaban J connectivity index is 2.02. The normalized spacial score (nSPS) is 11.0. The molecule has 1 heterocycles. The van der Waals surface area contributed by atoms with Crippen LogP contribution in [0.15, 0.2) is 60.8 Å². The average molecular weight is 356 g/mol. The number of anilines is 1. The predicted octanol–water partition coefficient (Wildman–Crippen LogP) is 4.02. The Morgan fingerprint density at radius 3 is 2.38 bits per heavy atom. The summed E-state index contributed by atoms with van der Waals surface area (Å²) in [5.74, 6) is -0.979. The van der Waals surface area contributed by atoms with E-state index in [-0.39, 0.29) is 11.4 Å². The summed E-state index contributed by atoms with van der Waals surface area (Å²) < 4.78 is 40.7. The topological polar surface area (TPSA) is 70.7 Å². The van der Waals surface area contributed by atoms with Gasteiger partial charge in [-0.05, 0) is 24.3 Å². The summed E-state index contributed by atoms with van der Waals surface area (Å²) >= 11 is 0. The summed E-state index contributed by atoms with van der Waals surface area (Å²) in [4.78, 5) is 12.5. The molecule has 0 radical (unpaired) electrons. The minimum absolute atomic E-state index is 0.000627. The summed E-state index contributed by atoms with van der Waals surface area (Å²) in [6, 6.07) is 14.9. The summed E-state index contributed by atoms with van der Waals surface area (Å²) in [6.45, 7) is 0. The minimum atomic E-state index is -4.67. The number of para-hydroxylation sites is 1. The Morgan fingerprint density at radius 1 is 1.08 bits per heavy atom. The van der Waals surface area contributed by atoms with Crippen LogP contribution in [0.5, 0.6) is 0 Å². The van der Waals surface area contributed by atoms with E-state index in [1.807, 2.05) is 6.07 Å². The maximum absolute atomic E-state index is 13.1. The highest BCUT2D eigenvalue weighted by Gasteiger charge is 2.35. The van der Waals surface area contributed by atoms with Crippen molar-refractivity contribution in [1.29, 1.82) is 5.26 Å². The lowest BCUT2D eigenvalue weighted by atomic mass is 10.1. The van der Waals surface area contributed by atoms with Gasteiger partial charge in [0.1, 0.15) is 11.6 Å². The number of carbonyl (C=O) groups excluding carboxylic acids is 1. The van der Waals surface area contributed by atoms with Gasteiger partial charge in [-0.2, -0.15) is 23.5 Å². The highest BCUT2D eigenvalue weighted by atomic mass is 19.4. The predicted molar refractivity (Wildman–Crippen MR) is 87.7 cm³/mol. The van der Waals surface area contributed by atoms with Crippen molar-refractivity contribution < 1.29 is 18.0 Å². The van der Waals surface area contributed by atoms with E-state index in [0.717, 1.165) is 12.1 Å². The average Bonchev–Trinajstić information content (AvgIpc) is 3.04. The Bertz CT molecular complexity index is 988. The first-order valence-electron chi connectivity index (χ1n) is 7.43. The van der Waals surface area contributed by atoms with Crippen LogP contribution < -0.4 is 5.32 Å². The summed E-state index contributed by atoms with van der Waals surface area (Å²) in [5.41, 5.74) is -1.01. The molecule has 3 rings (SSSR count). The first-order valence-corrected chi connectivity index (χ1v) is 7.43. The Morgan fingerprint density at radius 2 is 1.73 bits per heavy atom. The standard InChI is InChI=1S/C18H11F3N4O/c19-18(20,21)15-9-5-4-8-14(15)17(26)24-16-12(10-22)11-23-25(16)13-6-2-1-3-7-13/h1-9,11H,(H,24,26). The SMILES string of the molecule is N#Cc1cnn(-c2ccccc2)c1NC(=O)c1ccccc1C(F)(F)F. The number of benzene rings is 2. The minimum Gasteiger partial charge on any atom is -0.305 e. The number of carbonyl (C=O) groups is 1. The third-order valence-electron chi connectivity index (χ3n) is 3.60. The van der Waals surface area contributed by atoms with E-state index in [1.54, 1.807) is 30.3 Å². The quantitative estimate of drug-likeness (QED) is 0.771. The van der Waals surface area contributed by atoms with Crippen LogP contribution in [0.1, 0.15) is 21.5 Å². The van der Waals surface area contributed by atoms with Gasteiger partial charge in [0.05, 0.1) is 23.0 Å². The van der Waals surface area contributed by atoms with Crippen LogP contribution in [0.2, 0.25) is 0 Å². The van der Waals surface area contributed by atoms with E-state index in [9.17, 15) is 23.2 Å². The maximum atomic E-state index is 13.1. The number of hydrogen-bond acceptors (Lipinski definition) is 3. The molecule has 130 valence electrons. The zero-order valence-electron chi connectivity index (χ0n) is 13.2. The number of nitrogens with zero attached hydrogens (tertiary/aromatic N) is 3. The largest absolute Gasteiger partial charge is 0.417 e. The van der Waals surface area contributed by atoms with Crippen LogP contribution in [0.4, 0.5) is 19.0 Å². The van der Waals surface area contributed by atoms with E-state index in [2.05, 4.69) is 10.4 Å². The molecule has 1 aromatic heterocycles. The van der Waals surface area contributed by atoms with Crippen LogP contribution >= 0.6 is 0 Å². The van der Waals surface area contributed by atoms with Crippen molar-refractivity contribution in [1.82, 2.24) is 9.78 Å². The van der Waals surface area contributed by atoms with Gasteiger partial charge in [0.15, 0.2) is 5.82 Å². The van der Waals surface area contributed by atoms with E-state index in [0.29, 0.717) is 5.69 Å². The molecule has 1 amide bonds. The molecule has 5 nitrogen and oxygen atoms in total. The summed E-state index contributed by atoms with van der Waals surface area (Å²) in [7, 11) is 0. The van der Waals surface area contributed by atoms with E-state index in [4.69, 9.17) is 0 Å². The number of nitrogens with one attached hydrogen (secondary N) is 1. The van der Waals surface area contributed by atoms with Gasteiger partial charge in [-0.15, -0.1) is 0 Å². The van der Waals surface area contributed by atoms with Crippen molar-refractivity contribution in [2.24, 2.45) is 0 Å². The van der Waals surface area contributed by atoms with Crippen molar-refractivity contribution in [3.8, 4) is 11.8 Å². The first-order chi connectivity index (χ1) is 12.4. The van der Waals surface area contributed by atoms with Crippen LogP contribution in [0, 0.1) is 11.3 Å². The van der Waals surface area contributed by atoms with Gasteiger partial charge < -0.3 is 5.32 Å². The summed E-state index contributed by atoms with van der Waals surface area (Å²) in [6.07, 6.45) is -3.44. The molecule has 0 aliphatic rings. The second kappa shape index (κ2) is 6.72. The van der Waals surface area contributed by atoms with Gasteiger partial charge in [-0.3, -0.25) is 4.79 Å². The monoisotopic (exact) mass is 356 g/mol. The molecule has 0 atom stereocenters.